The minimum Gasteiger partial charge on any atom is -0.467 e. The summed E-state index contributed by atoms with van der Waals surface area (Å²) in [4.78, 5) is 16.5. The number of carbonyl (C=O) groups excluding carboxylic acids is 1. The van der Waals surface area contributed by atoms with Crippen molar-refractivity contribution < 1.29 is 9.21 Å². The van der Waals surface area contributed by atoms with E-state index < -0.39 is 0 Å². The van der Waals surface area contributed by atoms with Crippen LogP contribution in [-0.2, 0) is 11.3 Å². The Bertz CT molecular complexity index is 1020. The SMILES string of the molecule is CC(=O)Nc1cccc(-c2cnc3sc(NCc4ccco4)nn23)c1. The predicted molar refractivity (Wildman–Crippen MR) is 96.6 cm³/mol. The fourth-order valence-electron chi connectivity index (χ4n) is 2.50. The zero-order valence-electron chi connectivity index (χ0n) is 13.4. The number of imidazole rings is 1. The van der Waals surface area contributed by atoms with E-state index >= 15 is 0 Å². The number of hydrogen-bond acceptors (Lipinski definition) is 6. The third kappa shape index (κ3) is 3.24. The summed E-state index contributed by atoms with van der Waals surface area (Å²) in [7, 11) is 0. The summed E-state index contributed by atoms with van der Waals surface area (Å²) in [5, 5.41) is 11.4. The third-order valence-electron chi connectivity index (χ3n) is 3.56. The molecule has 1 aromatic carbocycles. The van der Waals surface area contributed by atoms with E-state index in [0.717, 1.165) is 32.8 Å². The summed E-state index contributed by atoms with van der Waals surface area (Å²) in [6.45, 7) is 2.05. The first-order chi connectivity index (χ1) is 12.2. The molecule has 3 heterocycles. The summed E-state index contributed by atoms with van der Waals surface area (Å²) in [5.74, 6) is 0.740. The second kappa shape index (κ2) is 6.40. The summed E-state index contributed by atoms with van der Waals surface area (Å²) >= 11 is 1.47. The Morgan fingerprint density at radius 3 is 3.04 bits per heavy atom. The Morgan fingerprint density at radius 1 is 1.32 bits per heavy atom. The number of furan rings is 1. The average molecular weight is 353 g/mol. The Labute approximate surface area is 147 Å². The summed E-state index contributed by atoms with van der Waals surface area (Å²) in [6.07, 6.45) is 3.42. The minimum absolute atomic E-state index is 0.103. The Hall–Kier alpha value is -3.13. The van der Waals surface area contributed by atoms with Gasteiger partial charge in [0.15, 0.2) is 0 Å². The maximum atomic E-state index is 11.2. The van der Waals surface area contributed by atoms with E-state index in [0.29, 0.717) is 6.54 Å². The molecular weight excluding hydrogens is 338 g/mol. The molecule has 0 bridgehead atoms. The predicted octanol–water partition coefficient (Wildman–Crippen LogP) is 3.62. The van der Waals surface area contributed by atoms with E-state index in [1.807, 2.05) is 36.4 Å². The summed E-state index contributed by atoms with van der Waals surface area (Å²) in [6, 6.07) is 11.4. The van der Waals surface area contributed by atoms with E-state index in [1.165, 1.54) is 18.3 Å². The second-order valence-electron chi connectivity index (χ2n) is 5.44. The van der Waals surface area contributed by atoms with Crippen molar-refractivity contribution in [2.45, 2.75) is 13.5 Å². The van der Waals surface area contributed by atoms with Crippen molar-refractivity contribution in [3.05, 3.63) is 54.6 Å². The lowest BCUT2D eigenvalue weighted by molar-refractivity contribution is -0.114. The normalized spacial score (nSPS) is 10.9. The number of carbonyl (C=O) groups is 1. The standard InChI is InChI=1S/C17H15N5O2S/c1-11(23)20-13-5-2-4-12(8-13)15-10-19-17-22(15)21-16(25-17)18-9-14-6-3-7-24-14/h2-8,10H,9H2,1H3,(H,18,21)(H,20,23). The van der Waals surface area contributed by atoms with Gasteiger partial charge in [0, 0.05) is 18.2 Å². The minimum atomic E-state index is -0.103. The van der Waals surface area contributed by atoms with Gasteiger partial charge in [-0.15, -0.1) is 5.10 Å². The molecule has 0 unspecified atom stereocenters. The highest BCUT2D eigenvalue weighted by Crippen LogP contribution is 2.27. The van der Waals surface area contributed by atoms with Crippen LogP contribution in [0.2, 0.25) is 0 Å². The van der Waals surface area contributed by atoms with Crippen molar-refractivity contribution in [2.75, 3.05) is 10.6 Å². The molecule has 0 aliphatic carbocycles. The lowest BCUT2D eigenvalue weighted by Crippen LogP contribution is -2.05. The first-order valence-corrected chi connectivity index (χ1v) is 8.49. The van der Waals surface area contributed by atoms with Crippen LogP contribution in [0.4, 0.5) is 10.8 Å². The molecule has 3 aromatic heterocycles. The number of fused-ring (bicyclic) bond motifs is 1. The van der Waals surface area contributed by atoms with Gasteiger partial charge in [-0.1, -0.05) is 23.5 Å². The molecule has 25 heavy (non-hydrogen) atoms. The van der Waals surface area contributed by atoms with Crippen LogP contribution in [0.3, 0.4) is 0 Å². The Balaban J connectivity index is 1.61. The van der Waals surface area contributed by atoms with E-state index in [2.05, 4.69) is 20.7 Å². The molecular formula is C17H15N5O2S. The Kier molecular flexibility index (Phi) is 3.95. The molecule has 0 saturated carbocycles. The second-order valence-corrected chi connectivity index (χ2v) is 6.40. The summed E-state index contributed by atoms with van der Waals surface area (Å²) in [5.41, 5.74) is 2.54. The van der Waals surface area contributed by atoms with Gasteiger partial charge in [-0.3, -0.25) is 4.79 Å². The number of amides is 1. The Morgan fingerprint density at radius 2 is 2.24 bits per heavy atom. The van der Waals surface area contributed by atoms with Crippen LogP contribution in [0.25, 0.3) is 16.2 Å². The van der Waals surface area contributed by atoms with Gasteiger partial charge < -0.3 is 15.1 Å². The molecule has 1 amide bonds. The fourth-order valence-corrected chi connectivity index (χ4v) is 3.27. The highest BCUT2D eigenvalue weighted by molar-refractivity contribution is 7.20. The molecule has 0 aliphatic heterocycles. The van der Waals surface area contributed by atoms with Gasteiger partial charge in [-0.05, 0) is 24.3 Å². The van der Waals surface area contributed by atoms with E-state index in [9.17, 15) is 4.79 Å². The van der Waals surface area contributed by atoms with Crippen LogP contribution >= 0.6 is 11.3 Å². The number of aromatic nitrogens is 3. The van der Waals surface area contributed by atoms with Gasteiger partial charge in [-0.25, -0.2) is 9.50 Å². The van der Waals surface area contributed by atoms with Gasteiger partial charge in [0.1, 0.15) is 5.76 Å². The van der Waals surface area contributed by atoms with Gasteiger partial charge in [0.25, 0.3) is 0 Å². The van der Waals surface area contributed by atoms with E-state index in [4.69, 9.17) is 4.42 Å². The fraction of sp³-hybridized carbons (Fsp3) is 0.118. The first-order valence-electron chi connectivity index (χ1n) is 7.68. The molecule has 0 aliphatic rings. The van der Waals surface area contributed by atoms with Crippen molar-refractivity contribution >= 4 is 33.0 Å². The maximum absolute atomic E-state index is 11.2. The molecule has 4 aromatic rings. The van der Waals surface area contributed by atoms with E-state index in [1.54, 1.807) is 17.0 Å². The summed E-state index contributed by atoms with van der Waals surface area (Å²) < 4.78 is 7.10. The number of hydrogen-bond donors (Lipinski definition) is 2. The zero-order chi connectivity index (χ0) is 17.2. The molecule has 126 valence electrons. The zero-order valence-corrected chi connectivity index (χ0v) is 14.2. The van der Waals surface area contributed by atoms with Gasteiger partial charge in [-0.2, -0.15) is 0 Å². The number of rotatable bonds is 5. The molecule has 7 nitrogen and oxygen atoms in total. The highest BCUT2D eigenvalue weighted by atomic mass is 32.1. The van der Waals surface area contributed by atoms with Crippen LogP contribution in [0.5, 0.6) is 0 Å². The molecule has 4 rings (SSSR count). The number of anilines is 2. The topological polar surface area (TPSA) is 84.5 Å². The highest BCUT2D eigenvalue weighted by Gasteiger charge is 2.12. The van der Waals surface area contributed by atoms with Gasteiger partial charge in [0.05, 0.1) is 24.7 Å². The maximum Gasteiger partial charge on any atom is 0.221 e. The van der Waals surface area contributed by atoms with Crippen molar-refractivity contribution in [1.29, 1.82) is 0 Å². The molecule has 8 heteroatoms. The lowest BCUT2D eigenvalue weighted by atomic mass is 10.1. The van der Waals surface area contributed by atoms with E-state index in [-0.39, 0.29) is 5.91 Å². The van der Waals surface area contributed by atoms with Crippen molar-refractivity contribution in [2.24, 2.45) is 0 Å². The van der Waals surface area contributed by atoms with Crippen LogP contribution < -0.4 is 10.6 Å². The molecule has 0 atom stereocenters. The lowest BCUT2D eigenvalue weighted by Gasteiger charge is -2.04. The third-order valence-corrected chi connectivity index (χ3v) is 4.44. The van der Waals surface area contributed by atoms with Crippen LogP contribution in [0.15, 0.2) is 53.3 Å². The van der Waals surface area contributed by atoms with Crippen molar-refractivity contribution in [3.63, 3.8) is 0 Å². The van der Waals surface area contributed by atoms with Gasteiger partial charge >= 0.3 is 0 Å². The number of nitrogens with one attached hydrogen (secondary N) is 2. The molecule has 0 fully saturated rings. The van der Waals surface area contributed by atoms with Crippen molar-refractivity contribution in [1.82, 2.24) is 14.6 Å². The number of nitrogens with zero attached hydrogens (tertiary/aromatic N) is 3. The molecule has 0 saturated heterocycles. The smallest absolute Gasteiger partial charge is 0.221 e. The quantitative estimate of drug-likeness (QED) is 0.572. The van der Waals surface area contributed by atoms with Crippen molar-refractivity contribution in [3.8, 4) is 11.3 Å². The molecule has 2 N–H and O–H groups in total. The molecule has 0 radical (unpaired) electrons. The van der Waals surface area contributed by atoms with Gasteiger partial charge in [0.2, 0.25) is 16.0 Å². The molecule has 0 spiro atoms. The van der Waals surface area contributed by atoms with Crippen LogP contribution in [0.1, 0.15) is 12.7 Å². The monoisotopic (exact) mass is 353 g/mol. The number of benzene rings is 1. The van der Waals surface area contributed by atoms with Crippen LogP contribution in [-0.4, -0.2) is 20.5 Å². The largest absolute Gasteiger partial charge is 0.467 e. The van der Waals surface area contributed by atoms with Crippen LogP contribution in [0, 0.1) is 0 Å². The first kappa shape index (κ1) is 15.4. The average Bonchev–Trinajstić information content (AvgIpc) is 3.29.